The van der Waals surface area contributed by atoms with Gasteiger partial charge in [0.1, 0.15) is 11.6 Å². The Morgan fingerprint density at radius 2 is 2.12 bits per heavy atom. The molecule has 0 atom stereocenters. The summed E-state index contributed by atoms with van der Waals surface area (Å²) in [7, 11) is 0. The van der Waals surface area contributed by atoms with Gasteiger partial charge in [-0.2, -0.15) is 0 Å². The summed E-state index contributed by atoms with van der Waals surface area (Å²) < 4.78 is 2.23. The van der Waals surface area contributed by atoms with Gasteiger partial charge in [-0.1, -0.05) is 18.2 Å². The average molecular weight is 246 g/mol. The van der Waals surface area contributed by atoms with E-state index >= 15 is 0 Å². The Morgan fingerprint density at radius 1 is 1.24 bits per heavy atom. The topological polar surface area (TPSA) is 42.7 Å². The molecule has 0 aliphatic carbocycles. The van der Waals surface area contributed by atoms with E-state index in [1.165, 1.54) is 4.90 Å². The van der Waals surface area contributed by atoms with Crippen molar-refractivity contribution in [2.45, 2.75) is 23.7 Å². The molecule has 1 aromatic carbocycles. The third kappa shape index (κ3) is 2.35. The molecule has 0 radical (unpaired) electrons. The number of hydrogen-bond donors (Lipinski definition) is 1. The second-order valence-electron chi connectivity index (χ2n) is 3.96. The van der Waals surface area contributed by atoms with E-state index < -0.39 is 0 Å². The van der Waals surface area contributed by atoms with Crippen molar-refractivity contribution in [3.8, 4) is 0 Å². The molecule has 0 spiro atoms. The van der Waals surface area contributed by atoms with Crippen molar-refractivity contribution < 1.29 is 0 Å². The molecule has 17 heavy (non-hydrogen) atoms. The molecule has 3 rings (SSSR count). The van der Waals surface area contributed by atoms with Crippen LogP contribution in [0.1, 0.15) is 11.6 Å². The number of nitrogens with one attached hydrogen (secondary N) is 1. The molecule has 0 amide bonds. The predicted molar refractivity (Wildman–Crippen MR) is 67.7 cm³/mol. The Kier molecular flexibility index (Phi) is 3.11. The number of fused-ring (bicyclic) bond motifs is 1. The van der Waals surface area contributed by atoms with Crippen molar-refractivity contribution in [1.82, 2.24) is 20.1 Å². The number of aromatic nitrogens is 3. The average Bonchev–Trinajstić information content (AvgIpc) is 2.81. The quantitative estimate of drug-likeness (QED) is 0.837. The fourth-order valence-corrected chi connectivity index (χ4v) is 2.78. The van der Waals surface area contributed by atoms with Crippen molar-refractivity contribution in [3.63, 3.8) is 0 Å². The maximum atomic E-state index is 4.27. The monoisotopic (exact) mass is 246 g/mol. The highest BCUT2D eigenvalue weighted by Crippen LogP contribution is 2.22. The molecule has 88 valence electrons. The summed E-state index contributed by atoms with van der Waals surface area (Å²) >= 11 is 1.81. The Bertz CT molecular complexity index is 494. The number of benzene rings is 1. The second-order valence-corrected chi connectivity index (χ2v) is 5.01. The van der Waals surface area contributed by atoms with Gasteiger partial charge in [-0.15, -0.1) is 22.0 Å². The second kappa shape index (κ2) is 4.89. The fraction of sp³-hybridized carbons (Fsp3) is 0.333. The summed E-state index contributed by atoms with van der Waals surface area (Å²) in [5.74, 6) is 3.02. The zero-order valence-corrected chi connectivity index (χ0v) is 10.3. The van der Waals surface area contributed by atoms with E-state index in [4.69, 9.17) is 0 Å². The molecule has 0 saturated heterocycles. The van der Waals surface area contributed by atoms with Crippen molar-refractivity contribution in [3.05, 3.63) is 42.0 Å². The third-order valence-corrected chi connectivity index (χ3v) is 3.82. The molecular weight excluding hydrogens is 232 g/mol. The molecule has 2 aromatic rings. The lowest BCUT2D eigenvalue weighted by Gasteiger charge is -2.15. The lowest BCUT2D eigenvalue weighted by molar-refractivity contribution is 0.498. The normalized spacial score (nSPS) is 14.6. The van der Waals surface area contributed by atoms with E-state index in [1.807, 2.05) is 17.8 Å². The van der Waals surface area contributed by atoms with Crippen LogP contribution in [0, 0.1) is 0 Å². The summed E-state index contributed by atoms with van der Waals surface area (Å²) in [5.41, 5.74) is 0. The fourth-order valence-electron chi connectivity index (χ4n) is 1.92. The minimum Gasteiger partial charge on any atom is -0.312 e. The summed E-state index contributed by atoms with van der Waals surface area (Å²) in [6.45, 7) is 2.82. The zero-order valence-electron chi connectivity index (χ0n) is 9.47. The van der Waals surface area contributed by atoms with Crippen LogP contribution in [-0.4, -0.2) is 21.3 Å². The van der Waals surface area contributed by atoms with Gasteiger partial charge in [0.05, 0.1) is 12.3 Å². The molecule has 0 saturated carbocycles. The van der Waals surface area contributed by atoms with E-state index in [9.17, 15) is 0 Å². The smallest absolute Gasteiger partial charge is 0.147 e. The van der Waals surface area contributed by atoms with E-state index in [0.717, 1.165) is 37.0 Å². The van der Waals surface area contributed by atoms with Crippen molar-refractivity contribution in [2.75, 3.05) is 6.54 Å². The zero-order chi connectivity index (χ0) is 11.5. The van der Waals surface area contributed by atoms with Gasteiger partial charge >= 0.3 is 0 Å². The highest BCUT2D eigenvalue weighted by atomic mass is 32.2. The SMILES string of the molecule is c1ccc(SCc2nnc3n2CCNC3)cc1. The first kappa shape index (κ1) is 10.8. The van der Waals surface area contributed by atoms with Gasteiger partial charge in [-0.25, -0.2) is 0 Å². The largest absolute Gasteiger partial charge is 0.312 e. The minimum absolute atomic E-state index is 0.836. The highest BCUT2D eigenvalue weighted by molar-refractivity contribution is 7.98. The molecule has 5 heteroatoms. The van der Waals surface area contributed by atoms with Gasteiger partial charge < -0.3 is 9.88 Å². The third-order valence-electron chi connectivity index (χ3n) is 2.81. The Hall–Kier alpha value is -1.33. The molecule has 0 fully saturated rings. The Labute approximate surface area is 104 Å². The number of hydrogen-bond acceptors (Lipinski definition) is 4. The molecule has 4 nitrogen and oxygen atoms in total. The Morgan fingerprint density at radius 3 is 3.00 bits per heavy atom. The van der Waals surface area contributed by atoms with Gasteiger partial charge in [0.15, 0.2) is 0 Å². The maximum Gasteiger partial charge on any atom is 0.147 e. The van der Waals surface area contributed by atoms with Crippen LogP contribution in [0.3, 0.4) is 0 Å². The molecule has 0 bridgehead atoms. The first-order chi connectivity index (χ1) is 8.43. The summed E-state index contributed by atoms with van der Waals surface area (Å²) in [6, 6.07) is 10.4. The molecule has 0 unspecified atom stereocenters. The van der Waals surface area contributed by atoms with Crippen LogP contribution in [0.25, 0.3) is 0 Å². The van der Waals surface area contributed by atoms with E-state index in [2.05, 4.69) is 44.3 Å². The van der Waals surface area contributed by atoms with E-state index in [1.54, 1.807) is 0 Å². The summed E-state index contributed by atoms with van der Waals surface area (Å²) in [6.07, 6.45) is 0. The Balaban J connectivity index is 1.71. The first-order valence-electron chi connectivity index (χ1n) is 5.73. The molecule has 1 N–H and O–H groups in total. The lowest BCUT2D eigenvalue weighted by atomic mass is 10.4. The minimum atomic E-state index is 0.836. The molecule has 1 aliphatic heterocycles. The van der Waals surface area contributed by atoms with Crippen LogP contribution in [0.5, 0.6) is 0 Å². The molecular formula is C12H14N4S. The van der Waals surface area contributed by atoms with Gasteiger partial charge in [0.25, 0.3) is 0 Å². The van der Waals surface area contributed by atoms with Crippen LogP contribution in [0.15, 0.2) is 35.2 Å². The maximum absolute atomic E-state index is 4.27. The predicted octanol–water partition coefficient (Wildman–Crippen LogP) is 1.67. The highest BCUT2D eigenvalue weighted by Gasteiger charge is 2.14. The van der Waals surface area contributed by atoms with Crippen LogP contribution >= 0.6 is 11.8 Å². The summed E-state index contributed by atoms with van der Waals surface area (Å²) in [5, 5.41) is 11.8. The first-order valence-corrected chi connectivity index (χ1v) is 6.71. The number of rotatable bonds is 3. The van der Waals surface area contributed by atoms with Crippen molar-refractivity contribution >= 4 is 11.8 Å². The van der Waals surface area contributed by atoms with Gasteiger partial charge in [-0.05, 0) is 12.1 Å². The van der Waals surface area contributed by atoms with Gasteiger partial charge in [-0.3, -0.25) is 0 Å². The molecule has 2 heterocycles. The molecule has 1 aromatic heterocycles. The van der Waals surface area contributed by atoms with Crippen LogP contribution in [0.2, 0.25) is 0 Å². The van der Waals surface area contributed by atoms with Crippen molar-refractivity contribution in [1.29, 1.82) is 0 Å². The lowest BCUT2D eigenvalue weighted by Crippen LogP contribution is -2.29. The van der Waals surface area contributed by atoms with Crippen molar-refractivity contribution in [2.24, 2.45) is 0 Å². The standard InChI is InChI=1S/C12H14N4S/c1-2-4-10(5-3-1)17-9-12-15-14-11-8-13-6-7-16(11)12/h1-5,13H,6-9H2. The number of thioether (sulfide) groups is 1. The summed E-state index contributed by atoms with van der Waals surface area (Å²) in [4.78, 5) is 1.28. The van der Waals surface area contributed by atoms with Gasteiger partial charge in [0.2, 0.25) is 0 Å². The number of nitrogens with zero attached hydrogens (tertiary/aromatic N) is 3. The van der Waals surface area contributed by atoms with Crippen LogP contribution in [0.4, 0.5) is 0 Å². The van der Waals surface area contributed by atoms with E-state index in [0.29, 0.717) is 0 Å². The molecule has 1 aliphatic rings. The van der Waals surface area contributed by atoms with Gasteiger partial charge in [0, 0.05) is 18.0 Å². The van der Waals surface area contributed by atoms with E-state index in [-0.39, 0.29) is 0 Å². The van der Waals surface area contributed by atoms with Crippen LogP contribution in [-0.2, 0) is 18.8 Å². The van der Waals surface area contributed by atoms with Crippen LogP contribution < -0.4 is 5.32 Å².